The Morgan fingerprint density at radius 1 is 1.22 bits per heavy atom. The van der Waals surface area contributed by atoms with E-state index in [2.05, 4.69) is 19.1 Å². The third-order valence-corrected chi connectivity index (χ3v) is 4.81. The SMILES string of the molecule is C[C@H]1C2=C(CCCC2=O)O[C@@H]1Sc1ccccc1. The molecule has 1 aliphatic heterocycles. The molecular formula is C15H16O2S. The van der Waals surface area contributed by atoms with E-state index in [1.54, 1.807) is 11.8 Å². The molecule has 1 heterocycles. The highest BCUT2D eigenvalue weighted by Crippen LogP contribution is 2.44. The van der Waals surface area contributed by atoms with Crippen molar-refractivity contribution >= 4 is 17.5 Å². The van der Waals surface area contributed by atoms with Gasteiger partial charge in [0.1, 0.15) is 5.76 Å². The highest BCUT2D eigenvalue weighted by Gasteiger charge is 2.39. The van der Waals surface area contributed by atoms with E-state index in [-0.39, 0.29) is 11.4 Å². The van der Waals surface area contributed by atoms with Crippen molar-refractivity contribution in [2.75, 3.05) is 0 Å². The minimum atomic E-state index is 0.0550. The van der Waals surface area contributed by atoms with Crippen LogP contribution in [0.2, 0.25) is 0 Å². The van der Waals surface area contributed by atoms with Gasteiger partial charge >= 0.3 is 0 Å². The lowest BCUT2D eigenvalue weighted by Gasteiger charge is -2.16. The van der Waals surface area contributed by atoms with Crippen LogP contribution >= 0.6 is 11.8 Å². The van der Waals surface area contributed by atoms with Crippen LogP contribution in [0.15, 0.2) is 46.6 Å². The number of ether oxygens (including phenoxy) is 1. The number of rotatable bonds is 2. The minimum Gasteiger partial charge on any atom is -0.483 e. The van der Waals surface area contributed by atoms with Crippen LogP contribution in [-0.2, 0) is 9.53 Å². The molecule has 1 aromatic carbocycles. The second-order valence-corrected chi connectivity index (χ2v) is 5.99. The molecule has 0 spiro atoms. The number of carbonyl (C=O) groups is 1. The van der Waals surface area contributed by atoms with E-state index in [9.17, 15) is 4.79 Å². The Morgan fingerprint density at radius 3 is 2.72 bits per heavy atom. The lowest BCUT2D eigenvalue weighted by molar-refractivity contribution is -0.116. The van der Waals surface area contributed by atoms with E-state index in [0.29, 0.717) is 12.2 Å². The minimum absolute atomic E-state index is 0.0550. The lowest BCUT2D eigenvalue weighted by atomic mass is 9.90. The molecule has 94 valence electrons. The maximum atomic E-state index is 11.9. The summed E-state index contributed by atoms with van der Waals surface area (Å²) in [5.41, 5.74) is 1.01. The molecule has 0 fully saturated rings. The van der Waals surface area contributed by atoms with Crippen LogP contribution in [0.5, 0.6) is 0 Å². The molecule has 0 radical (unpaired) electrons. The smallest absolute Gasteiger partial charge is 0.162 e. The standard InChI is InChI=1S/C15H16O2S/c1-10-14-12(16)8-5-9-13(14)17-15(10)18-11-6-3-2-4-7-11/h2-4,6-7,10,15H,5,8-9H2,1H3/t10-,15+/m0/s1. The first kappa shape index (κ1) is 11.8. The third-order valence-electron chi connectivity index (χ3n) is 3.53. The maximum absolute atomic E-state index is 11.9. The second kappa shape index (κ2) is 4.81. The van der Waals surface area contributed by atoms with Crippen LogP contribution in [-0.4, -0.2) is 11.2 Å². The van der Waals surface area contributed by atoms with Crippen molar-refractivity contribution in [1.82, 2.24) is 0 Å². The summed E-state index contributed by atoms with van der Waals surface area (Å²) in [5, 5.41) is 0. The topological polar surface area (TPSA) is 26.3 Å². The lowest BCUT2D eigenvalue weighted by Crippen LogP contribution is -2.16. The zero-order valence-electron chi connectivity index (χ0n) is 10.4. The third kappa shape index (κ3) is 2.07. The Labute approximate surface area is 111 Å². The molecule has 0 saturated carbocycles. The molecule has 18 heavy (non-hydrogen) atoms. The van der Waals surface area contributed by atoms with Gasteiger partial charge in [-0.25, -0.2) is 0 Å². The molecule has 0 amide bonds. The summed E-state index contributed by atoms with van der Waals surface area (Å²) in [6, 6.07) is 10.2. The number of benzene rings is 1. The van der Waals surface area contributed by atoms with Crippen molar-refractivity contribution in [2.24, 2.45) is 5.92 Å². The number of thioether (sulfide) groups is 1. The number of carbonyl (C=O) groups excluding carboxylic acids is 1. The summed E-state index contributed by atoms with van der Waals surface area (Å²) >= 11 is 1.71. The average molecular weight is 260 g/mol. The maximum Gasteiger partial charge on any atom is 0.162 e. The van der Waals surface area contributed by atoms with Crippen LogP contribution in [0.3, 0.4) is 0 Å². The number of Topliss-reactive ketones (excluding diaryl/α,β-unsaturated/α-hetero) is 1. The summed E-state index contributed by atoms with van der Waals surface area (Å²) in [6.07, 6.45) is 2.56. The first-order valence-corrected chi connectivity index (χ1v) is 7.28. The van der Waals surface area contributed by atoms with E-state index in [1.165, 1.54) is 4.90 Å². The number of hydrogen-bond acceptors (Lipinski definition) is 3. The van der Waals surface area contributed by atoms with E-state index in [0.717, 1.165) is 24.2 Å². The highest BCUT2D eigenvalue weighted by atomic mass is 32.2. The van der Waals surface area contributed by atoms with Crippen molar-refractivity contribution in [2.45, 2.75) is 36.5 Å². The molecule has 0 N–H and O–H groups in total. The molecule has 2 nitrogen and oxygen atoms in total. The van der Waals surface area contributed by atoms with Crippen molar-refractivity contribution in [3.63, 3.8) is 0 Å². The predicted octanol–water partition coefficient (Wildman–Crippen LogP) is 3.78. The number of ketones is 1. The Morgan fingerprint density at radius 2 is 2.00 bits per heavy atom. The van der Waals surface area contributed by atoms with E-state index in [4.69, 9.17) is 4.74 Å². The van der Waals surface area contributed by atoms with E-state index >= 15 is 0 Å². The molecule has 2 atom stereocenters. The molecule has 3 heteroatoms. The van der Waals surface area contributed by atoms with Crippen molar-refractivity contribution in [3.8, 4) is 0 Å². The van der Waals surface area contributed by atoms with Crippen molar-refractivity contribution in [1.29, 1.82) is 0 Å². The van der Waals surface area contributed by atoms with Crippen molar-refractivity contribution in [3.05, 3.63) is 41.7 Å². The van der Waals surface area contributed by atoms with Gasteiger partial charge in [0.25, 0.3) is 0 Å². The summed E-state index contributed by atoms with van der Waals surface area (Å²) in [5.74, 6) is 1.45. The second-order valence-electron chi connectivity index (χ2n) is 4.82. The average Bonchev–Trinajstić information content (AvgIpc) is 2.69. The van der Waals surface area contributed by atoms with Gasteiger partial charge in [-0.2, -0.15) is 0 Å². The van der Waals surface area contributed by atoms with Gasteiger partial charge in [-0.15, -0.1) is 0 Å². The Kier molecular flexibility index (Phi) is 3.16. The van der Waals surface area contributed by atoms with Gasteiger partial charge < -0.3 is 4.74 Å². The fraction of sp³-hybridized carbons (Fsp3) is 0.400. The first-order chi connectivity index (χ1) is 8.75. The van der Waals surface area contributed by atoms with Crippen molar-refractivity contribution < 1.29 is 9.53 Å². The van der Waals surface area contributed by atoms with E-state index in [1.807, 2.05) is 18.2 Å². The van der Waals surface area contributed by atoms with Gasteiger partial charge in [0, 0.05) is 29.2 Å². The summed E-state index contributed by atoms with van der Waals surface area (Å²) in [6.45, 7) is 2.10. The van der Waals surface area contributed by atoms with Gasteiger partial charge in [0.2, 0.25) is 0 Å². The molecule has 3 rings (SSSR count). The monoisotopic (exact) mass is 260 g/mol. The molecule has 0 bridgehead atoms. The highest BCUT2D eigenvalue weighted by molar-refractivity contribution is 7.99. The zero-order chi connectivity index (χ0) is 12.5. The summed E-state index contributed by atoms with van der Waals surface area (Å²) in [7, 11) is 0. The largest absolute Gasteiger partial charge is 0.483 e. The van der Waals surface area contributed by atoms with Gasteiger partial charge in [-0.3, -0.25) is 4.79 Å². The Balaban J connectivity index is 1.77. The fourth-order valence-corrected chi connectivity index (χ4v) is 3.69. The Bertz CT molecular complexity index is 492. The van der Waals surface area contributed by atoms with Crippen LogP contribution in [0, 0.1) is 5.92 Å². The van der Waals surface area contributed by atoms with Gasteiger partial charge in [-0.1, -0.05) is 36.9 Å². The molecule has 1 aromatic rings. The van der Waals surface area contributed by atoms with Crippen LogP contribution in [0.1, 0.15) is 26.2 Å². The number of hydrogen-bond donors (Lipinski definition) is 0. The molecule has 1 aliphatic carbocycles. The quantitative estimate of drug-likeness (QED) is 0.809. The normalized spacial score (nSPS) is 27.1. The summed E-state index contributed by atoms with van der Waals surface area (Å²) in [4.78, 5) is 13.1. The van der Waals surface area contributed by atoms with Crippen LogP contribution < -0.4 is 0 Å². The molecule has 0 saturated heterocycles. The molecule has 0 aromatic heterocycles. The van der Waals surface area contributed by atoms with Gasteiger partial charge in [-0.05, 0) is 18.6 Å². The summed E-state index contributed by atoms with van der Waals surface area (Å²) < 4.78 is 5.97. The Hall–Kier alpha value is -1.22. The molecule has 2 aliphatic rings. The molecular weight excluding hydrogens is 244 g/mol. The fourth-order valence-electron chi connectivity index (χ4n) is 2.60. The first-order valence-electron chi connectivity index (χ1n) is 6.40. The van der Waals surface area contributed by atoms with E-state index < -0.39 is 0 Å². The molecule has 0 unspecified atom stereocenters. The zero-order valence-corrected chi connectivity index (χ0v) is 11.2. The predicted molar refractivity (Wildman–Crippen MR) is 72.2 cm³/mol. The van der Waals surface area contributed by atoms with Crippen LogP contribution in [0.25, 0.3) is 0 Å². The number of allylic oxidation sites excluding steroid dienone is 1. The van der Waals surface area contributed by atoms with Crippen LogP contribution in [0.4, 0.5) is 0 Å². The van der Waals surface area contributed by atoms with Gasteiger partial charge in [0.15, 0.2) is 11.2 Å². The van der Waals surface area contributed by atoms with Gasteiger partial charge in [0.05, 0.1) is 0 Å².